The molecule has 1 atom stereocenters. The largest absolute Gasteiger partial charge is 0.356 e. The van der Waals surface area contributed by atoms with E-state index in [9.17, 15) is 4.79 Å². The van der Waals surface area contributed by atoms with Gasteiger partial charge in [0, 0.05) is 30.5 Å². The molecule has 0 aliphatic rings. The molecule has 0 aliphatic heterocycles. The molecule has 1 aromatic heterocycles. The first kappa shape index (κ1) is 18.5. The van der Waals surface area contributed by atoms with Crippen LogP contribution in [0.4, 0.5) is 5.95 Å². The van der Waals surface area contributed by atoms with Gasteiger partial charge in [0.15, 0.2) is 0 Å². The number of likely N-dealkylation sites (N-methyl/N-ethyl adjacent to an activating group) is 1. The summed E-state index contributed by atoms with van der Waals surface area (Å²) in [6, 6.07) is 8.02. The second-order valence-electron chi connectivity index (χ2n) is 6.08. The normalized spacial score (nSPS) is 11.4. The van der Waals surface area contributed by atoms with Gasteiger partial charge in [-0.3, -0.25) is 4.79 Å². The first-order valence-electron chi connectivity index (χ1n) is 8.48. The molecule has 0 saturated heterocycles. The van der Waals surface area contributed by atoms with E-state index in [1.807, 2.05) is 52.0 Å². The number of aromatic nitrogens is 2. The third kappa shape index (κ3) is 5.61. The summed E-state index contributed by atoms with van der Waals surface area (Å²) < 4.78 is 0. The number of carbonyl (C=O) groups excluding carboxylic acids is 1. The summed E-state index contributed by atoms with van der Waals surface area (Å²) in [6.07, 6.45) is 3.41. The van der Waals surface area contributed by atoms with E-state index in [1.165, 1.54) is 0 Å². The summed E-state index contributed by atoms with van der Waals surface area (Å²) in [4.78, 5) is 20.3. The molecule has 0 aliphatic carbocycles. The van der Waals surface area contributed by atoms with Crippen LogP contribution in [0.15, 0.2) is 36.7 Å². The Kier molecular flexibility index (Phi) is 6.53. The van der Waals surface area contributed by atoms with Gasteiger partial charge >= 0.3 is 0 Å². The predicted octanol–water partition coefficient (Wildman–Crippen LogP) is 2.94. The number of hydrogen-bond donors (Lipinski definition) is 2. The molecule has 1 unspecified atom stereocenters. The van der Waals surface area contributed by atoms with Gasteiger partial charge < -0.3 is 10.6 Å². The van der Waals surface area contributed by atoms with Crippen molar-refractivity contribution in [3.63, 3.8) is 0 Å². The van der Waals surface area contributed by atoms with E-state index in [0.717, 1.165) is 16.7 Å². The molecule has 130 valence electrons. The number of carbonyl (C=O) groups is 1. The highest BCUT2D eigenvalue weighted by Gasteiger charge is 2.13. The number of amides is 1. The van der Waals surface area contributed by atoms with Gasteiger partial charge in [0.05, 0.1) is 11.5 Å². The Labute approximate surface area is 149 Å². The molecule has 0 radical (unpaired) electrons. The van der Waals surface area contributed by atoms with Crippen LogP contribution in [-0.4, -0.2) is 28.5 Å². The Balaban J connectivity index is 2.04. The number of rotatable bonds is 5. The monoisotopic (exact) mass is 336 g/mol. The summed E-state index contributed by atoms with van der Waals surface area (Å²) in [6.45, 7) is 8.52. The Morgan fingerprint density at radius 3 is 2.20 bits per heavy atom. The highest BCUT2D eigenvalue weighted by Crippen LogP contribution is 2.16. The Hall–Kier alpha value is -2.87. The zero-order chi connectivity index (χ0) is 18.2. The van der Waals surface area contributed by atoms with Crippen LogP contribution in [0.2, 0.25) is 0 Å². The van der Waals surface area contributed by atoms with E-state index in [1.54, 1.807) is 12.4 Å². The Bertz CT molecular complexity index is 755. The maximum atomic E-state index is 11.9. The summed E-state index contributed by atoms with van der Waals surface area (Å²) in [7, 11) is 0. The van der Waals surface area contributed by atoms with E-state index in [0.29, 0.717) is 12.5 Å². The fourth-order valence-electron chi connectivity index (χ4n) is 2.20. The van der Waals surface area contributed by atoms with E-state index in [-0.39, 0.29) is 17.9 Å². The number of nitrogens with zero attached hydrogens (tertiary/aromatic N) is 2. The second kappa shape index (κ2) is 8.84. The fraction of sp³-hybridized carbons (Fsp3) is 0.350. The number of nitrogens with one attached hydrogen (secondary N) is 2. The lowest BCUT2D eigenvalue weighted by molar-refractivity contribution is -0.122. The molecule has 2 rings (SSSR count). The lowest BCUT2D eigenvalue weighted by Gasteiger charge is -2.11. The van der Waals surface area contributed by atoms with Gasteiger partial charge in [-0.05, 0) is 45.4 Å². The van der Waals surface area contributed by atoms with E-state index in [2.05, 4.69) is 32.4 Å². The number of benzene rings is 1. The minimum Gasteiger partial charge on any atom is -0.356 e. The molecule has 25 heavy (non-hydrogen) atoms. The van der Waals surface area contributed by atoms with Crippen molar-refractivity contribution < 1.29 is 4.79 Å². The van der Waals surface area contributed by atoms with Crippen molar-refractivity contribution in [2.75, 3.05) is 11.9 Å². The number of hydrogen-bond acceptors (Lipinski definition) is 4. The highest BCUT2D eigenvalue weighted by molar-refractivity contribution is 5.83. The van der Waals surface area contributed by atoms with Crippen LogP contribution in [0.25, 0.3) is 0 Å². The standard InChI is InChI=1S/C20H24N4O/c1-5-21-19(25)15(4)18-10-8-16(9-11-18)6-7-17-12-22-20(23-13-17)24-14(2)3/h8-15H,5H2,1-4H3,(H,21,25)(H,22,23,24). The quantitative estimate of drug-likeness (QED) is 0.824. The fourth-order valence-corrected chi connectivity index (χ4v) is 2.20. The molecule has 0 bridgehead atoms. The molecule has 1 aromatic carbocycles. The molecule has 1 amide bonds. The molecule has 2 N–H and O–H groups in total. The van der Waals surface area contributed by atoms with Gasteiger partial charge in [-0.15, -0.1) is 0 Å². The lowest BCUT2D eigenvalue weighted by Crippen LogP contribution is -2.27. The molecule has 2 aromatic rings. The second-order valence-corrected chi connectivity index (χ2v) is 6.08. The molecule has 0 spiro atoms. The molecule has 0 fully saturated rings. The maximum absolute atomic E-state index is 11.9. The summed E-state index contributed by atoms with van der Waals surface area (Å²) in [5.74, 6) is 6.61. The van der Waals surface area contributed by atoms with Crippen LogP contribution < -0.4 is 10.6 Å². The van der Waals surface area contributed by atoms with Crippen LogP contribution in [0.1, 0.15) is 50.3 Å². The number of anilines is 1. The van der Waals surface area contributed by atoms with Gasteiger partial charge in [-0.1, -0.05) is 24.0 Å². The van der Waals surface area contributed by atoms with Crippen molar-refractivity contribution in [2.45, 2.75) is 39.7 Å². The zero-order valence-electron chi connectivity index (χ0n) is 15.1. The first-order valence-corrected chi connectivity index (χ1v) is 8.48. The summed E-state index contributed by atoms with van der Waals surface area (Å²) >= 11 is 0. The van der Waals surface area contributed by atoms with Crippen LogP contribution >= 0.6 is 0 Å². The minimum absolute atomic E-state index is 0.0357. The van der Waals surface area contributed by atoms with Gasteiger partial charge in [0.2, 0.25) is 11.9 Å². The summed E-state index contributed by atoms with van der Waals surface area (Å²) in [5.41, 5.74) is 2.62. The topological polar surface area (TPSA) is 66.9 Å². The lowest BCUT2D eigenvalue weighted by atomic mass is 9.99. The van der Waals surface area contributed by atoms with Crippen molar-refractivity contribution >= 4 is 11.9 Å². The average molecular weight is 336 g/mol. The van der Waals surface area contributed by atoms with Crippen molar-refractivity contribution in [3.8, 4) is 11.8 Å². The molecule has 1 heterocycles. The molecular formula is C20H24N4O. The van der Waals surface area contributed by atoms with Gasteiger partial charge in [-0.2, -0.15) is 0 Å². The molecule has 0 saturated carbocycles. The van der Waals surface area contributed by atoms with Crippen molar-refractivity contribution in [1.29, 1.82) is 0 Å². The molecular weight excluding hydrogens is 312 g/mol. The van der Waals surface area contributed by atoms with Gasteiger partial charge in [-0.25, -0.2) is 9.97 Å². The molecule has 5 nitrogen and oxygen atoms in total. The van der Waals surface area contributed by atoms with E-state index < -0.39 is 0 Å². The first-order chi connectivity index (χ1) is 12.0. The minimum atomic E-state index is -0.170. The van der Waals surface area contributed by atoms with Crippen LogP contribution in [0, 0.1) is 11.8 Å². The third-order valence-electron chi connectivity index (χ3n) is 3.58. The van der Waals surface area contributed by atoms with E-state index >= 15 is 0 Å². The van der Waals surface area contributed by atoms with Crippen molar-refractivity contribution in [2.24, 2.45) is 0 Å². The smallest absolute Gasteiger partial charge is 0.227 e. The Morgan fingerprint density at radius 1 is 1.04 bits per heavy atom. The van der Waals surface area contributed by atoms with Crippen LogP contribution in [0.3, 0.4) is 0 Å². The van der Waals surface area contributed by atoms with Crippen LogP contribution in [0.5, 0.6) is 0 Å². The van der Waals surface area contributed by atoms with E-state index in [4.69, 9.17) is 0 Å². The Morgan fingerprint density at radius 2 is 1.64 bits per heavy atom. The molecule has 5 heteroatoms. The van der Waals surface area contributed by atoms with Crippen molar-refractivity contribution in [1.82, 2.24) is 15.3 Å². The van der Waals surface area contributed by atoms with Gasteiger partial charge in [0.25, 0.3) is 0 Å². The highest BCUT2D eigenvalue weighted by atomic mass is 16.1. The van der Waals surface area contributed by atoms with Gasteiger partial charge in [0.1, 0.15) is 0 Å². The predicted molar refractivity (Wildman–Crippen MR) is 100 cm³/mol. The zero-order valence-corrected chi connectivity index (χ0v) is 15.1. The SMILES string of the molecule is CCNC(=O)C(C)c1ccc(C#Cc2cnc(NC(C)C)nc2)cc1. The average Bonchev–Trinajstić information content (AvgIpc) is 2.61. The summed E-state index contributed by atoms with van der Waals surface area (Å²) in [5, 5.41) is 5.97. The van der Waals surface area contributed by atoms with Crippen LogP contribution in [-0.2, 0) is 4.79 Å². The maximum Gasteiger partial charge on any atom is 0.227 e. The van der Waals surface area contributed by atoms with Crippen molar-refractivity contribution in [3.05, 3.63) is 53.3 Å². The third-order valence-corrected chi connectivity index (χ3v) is 3.58.